The zero-order valence-electron chi connectivity index (χ0n) is 10.8. The van der Waals surface area contributed by atoms with Gasteiger partial charge in [-0.2, -0.15) is 0 Å². The second-order valence-corrected chi connectivity index (χ2v) is 4.96. The van der Waals surface area contributed by atoms with Crippen molar-refractivity contribution in [1.82, 2.24) is 9.88 Å². The van der Waals surface area contributed by atoms with Gasteiger partial charge in [-0.3, -0.25) is 4.79 Å². The highest BCUT2D eigenvalue weighted by molar-refractivity contribution is 5.96. The maximum atomic E-state index is 12.3. The Morgan fingerprint density at radius 1 is 1.53 bits per heavy atom. The fourth-order valence-corrected chi connectivity index (χ4v) is 2.44. The summed E-state index contributed by atoms with van der Waals surface area (Å²) >= 11 is 0. The summed E-state index contributed by atoms with van der Waals surface area (Å²) in [6.07, 6.45) is 5.22. The van der Waals surface area contributed by atoms with E-state index in [1.165, 1.54) is 0 Å². The quantitative estimate of drug-likeness (QED) is 0.813. The number of hydrogen-bond donors (Lipinski definition) is 1. The van der Waals surface area contributed by atoms with E-state index in [0.717, 1.165) is 38.0 Å². The molecule has 1 fully saturated rings. The monoisotopic (exact) mass is 234 g/mol. The molecule has 0 aliphatic carbocycles. The molecule has 1 saturated heterocycles. The topological polar surface area (TPSA) is 34.0 Å². The standard InChI is InChI=1S/C14H22N2O/c1-3-11(2)14(17)13-5-4-10-16(13)12-6-8-15-9-7-12/h4-5,10-12,15H,3,6-9H2,1-2H3. The number of nitrogens with one attached hydrogen (secondary N) is 1. The molecule has 17 heavy (non-hydrogen) atoms. The number of carbonyl (C=O) groups excluding carboxylic acids is 1. The third kappa shape index (κ3) is 2.60. The Kier molecular flexibility index (Phi) is 4.00. The normalized spacial score (nSPS) is 19.2. The molecule has 3 heteroatoms. The van der Waals surface area contributed by atoms with Gasteiger partial charge in [-0.05, 0) is 44.5 Å². The molecule has 0 amide bonds. The van der Waals surface area contributed by atoms with Crippen LogP contribution in [0.15, 0.2) is 18.3 Å². The van der Waals surface area contributed by atoms with Crippen molar-refractivity contribution in [3.63, 3.8) is 0 Å². The summed E-state index contributed by atoms with van der Waals surface area (Å²) in [6, 6.07) is 4.46. The molecular formula is C14H22N2O. The van der Waals surface area contributed by atoms with Gasteiger partial charge in [0, 0.05) is 18.2 Å². The molecule has 1 N–H and O–H groups in total. The van der Waals surface area contributed by atoms with Crippen LogP contribution >= 0.6 is 0 Å². The molecule has 0 saturated carbocycles. The van der Waals surface area contributed by atoms with E-state index in [1.54, 1.807) is 0 Å². The van der Waals surface area contributed by atoms with E-state index in [2.05, 4.69) is 23.0 Å². The number of aromatic nitrogens is 1. The maximum absolute atomic E-state index is 12.3. The van der Waals surface area contributed by atoms with Gasteiger partial charge in [0.05, 0.1) is 5.69 Å². The number of Topliss-reactive ketones (excluding diaryl/α,β-unsaturated/α-hetero) is 1. The molecule has 2 heterocycles. The van der Waals surface area contributed by atoms with Crippen LogP contribution in [0.2, 0.25) is 0 Å². The molecular weight excluding hydrogens is 212 g/mol. The smallest absolute Gasteiger partial charge is 0.181 e. The van der Waals surface area contributed by atoms with Gasteiger partial charge in [-0.25, -0.2) is 0 Å². The van der Waals surface area contributed by atoms with E-state index in [9.17, 15) is 4.79 Å². The zero-order chi connectivity index (χ0) is 12.3. The Balaban J connectivity index is 2.18. The van der Waals surface area contributed by atoms with Crippen LogP contribution < -0.4 is 5.32 Å². The first-order valence-electron chi connectivity index (χ1n) is 6.65. The Labute approximate surface area is 103 Å². The minimum Gasteiger partial charge on any atom is -0.342 e. The fourth-order valence-electron chi connectivity index (χ4n) is 2.44. The lowest BCUT2D eigenvalue weighted by atomic mass is 10.00. The largest absolute Gasteiger partial charge is 0.342 e. The molecule has 2 rings (SSSR count). The van der Waals surface area contributed by atoms with Crippen LogP contribution in [0.3, 0.4) is 0 Å². The van der Waals surface area contributed by atoms with Crippen molar-refractivity contribution in [3.8, 4) is 0 Å². The van der Waals surface area contributed by atoms with Crippen LogP contribution in [0.25, 0.3) is 0 Å². The highest BCUT2D eigenvalue weighted by atomic mass is 16.1. The summed E-state index contributed by atoms with van der Waals surface area (Å²) in [7, 11) is 0. The molecule has 1 aliphatic rings. The van der Waals surface area contributed by atoms with E-state index in [-0.39, 0.29) is 11.7 Å². The van der Waals surface area contributed by atoms with E-state index < -0.39 is 0 Å². The molecule has 0 aromatic carbocycles. The number of ketones is 1. The zero-order valence-corrected chi connectivity index (χ0v) is 10.8. The highest BCUT2D eigenvalue weighted by Crippen LogP contribution is 2.23. The van der Waals surface area contributed by atoms with Crippen molar-refractivity contribution >= 4 is 5.78 Å². The third-order valence-electron chi connectivity index (χ3n) is 3.79. The van der Waals surface area contributed by atoms with Crippen LogP contribution in [-0.2, 0) is 0 Å². The number of piperidine rings is 1. The van der Waals surface area contributed by atoms with Gasteiger partial charge in [-0.1, -0.05) is 13.8 Å². The first-order valence-corrected chi connectivity index (χ1v) is 6.65. The summed E-state index contributed by atoms with van der Waals surface area (Å²) in [5, 5.41) is 3.36. The number of nitrogens with zero attached hydrogens (tertiary/aromatic N) is 1. The second kappa shape index (κ2) is 5.50. The van der Waals surface area contributed by atoms with Crippen molar-refractivity contribution in [2.45, 2.75) is 39.2 Å². The van der Waals surface area contributed by atoms with E-state index in [1.807, 2.05) is 19.1 Å². The van der Waals surface area contributed by atoms with Crippen molar-refractivity contribution < 1.29 is 4.79 Å². The second-order valence-electron chi connectivity index (χ2n) is 4.96. The first-order chi connectivity index (χ1) is 8.24. The number of rotatable bonds is 4. The van der Waals surface area contributed by atoms with E-state index in [0.29, 0.717) is 6.04 Å². The minimum atomic E-state index is 0.130. The molecule has 3 nitrogen and oxygen atoms in total. The van der Waals surface area contributed by atoms with Crippen LogP contribution in [-0.4, -0.2) is 23.4 Å². The Bertz CT molecular complexity index is 377. The van der Waals surface area contributed by atoms with Crippen molar-refractivity contribution in [1.29, 1.82) is 0 Å². The average Bonchev–Trinajstić information content (AvgIpc) is 2.87. The van der Waals surface area contributed by atoms with Crippen LogP contribution in [0, 0.1) is 5.92 Å². The predicted octanol–water partition coefficient (Wildman–Crippen LogP) is 2.64. The molecule has 1 atom stereocenters. The summed E-state index contributed by atoms with van der Waals surface area (Å²) in [5.74, 6) is 0.418. The lowest BCUT2D eigenvalue weighted by molar-refractivity contribution is 0.0914. The Morgan fingerprint density at radius 2 is 2.24 bits per heavy atom. The summed E-state index contributed by atoms with van der Waals surface area (Å²) in [4.78, 5) is 12.3. The predicted molar refractivity (Wildman–Crippen MR) is 69.4 cm³/mol. The van der Waals surface area contributed by atoms with E-state index >= 15 is 0 Å². The number of carbonyl (C=O) groups is 1. The molecule has 0 radical (unpaired) electrons. The molecule has 1 aromatic rings. The van der Waals surface area contributed by atoms with Gasteiger partial charge in [-0.15, -0.1) is 0 Å². The van der Waals surface area contributed by atoms with Gasteiger partial charge in [0.25, 0.3) is 0 Å². The van der Waals surface area contributed by atoms with Gasteiger partial charge < -0.3 is 9.88 Å². The number of hydrogen-bond acceptors (Lipinski definition) is 2. The van der Waals surface area contributed by atoms with Gasteiger partial charge >= 0.3 is 0 Å². The molecule has 1 aromatic heterocycles. The molecule has 94 valence electrons. The molecule has 0 bridgehead atoms. The molecule has 1 aliphatic heterocycles. The molecule has 1 unspecified atom stereocenters. The van der Waals surface area contributed by atoms with Gasteiger partial charge in [0.1, 0.15) is 0 Å². The summed E-state index contributed by atoms with van der Waals surface area (Å²) in [6.45, 7) is 6.20. The maximum Gasteiger partial charge on any atom is 0.181 e. The Hall–Kier alpha value is -1.09. The fraction of sp³-hybridized carbons (Fsp3) is 0.643. The minimum absolute atomic E-state index is 0.130. The molecule has 0 spiro atoms. The van der Waals surface area contributed by atoms with Gasteiger partial charge in [0.15, 0.2) is 5.78 Å². The Morgan fingerprint density at radius 3 is 2.88 bits per heavy atom. The van der Waals surface area contributed by atoms with Crippen molar-refractivity contribution in [2.24, 2.45) is 5.92 Å². The highest BCUT2D eigenvalue weighted by Gasteiger charge is 2.22. The lowest BCUT2D eigenvalue weighted by Crippen LogP contribution is -2.30. The SMILES string of the molecule is CCC(C)C(=O)c1cccn1C1CCNCC1. The van der Waals surface area contributed by atoms with E-state index in [4.69, 9.17) is 0 Å². The van der Waals surface area contributed by atoms with Crippen molar-refractivity contribution in [3.05, 3.63) is 24.0 Å². The summed E-state index contributed by atoms with van der Waals surface area (Å²) < 4.78 is 2.19. The van der Waals surface area contributed by atoms with Crippen LogP contribution in [0.1, 0.15) is 49.6 Å². The van der Waals surface area contributed by atoms with Gasteiger partial charge in [0.2, 0.25) is 0 Å². The van der Waals surface area contributed by atoms with Crippen LogP contribution in [0.4, 0.5) is 0 Å². The van der Waals surface area contributed by atoms with Crippen molar-refractivity contribution in [2.75, 3.05) is 13.1 Å². The lowest BCUT2D eigenvalue weighted by Gasteiger charge is -2.26. The third-order valence-corrected chi connectivity index (χ3v) is 3.79. The first kappa shape index (κ1) is 12.4. The van der Waals surface area contributed by atoms with Crippen LogP contribution in [0.5, 0.6) is 0 Å². The summed E-state index contributed by atoms with van der Waals surface area (Å²) in [5.41, 5.74) is 0.895. The average molecular weight is 234 g/mol.